The summed E-state index contributed by atoms with van der Waals surface area (Å²) in [6, 6.07) is 9.53. The van der Waals surface area contributed by atoms with Gasteiger partial charge in [0, 0.05) is 18.0 Å². The van der Waals surface area contributed by atoms with E-state index in [9.17, 15) is 18.4 Å². The largest absolute Gasteiger partial charge is 0.344 e. The molecule has 2 N–H and O–H groups in total. The number of aromatic nitrogens is 3. The van der Waals surface area contributed by atoms with Gasteiger partial charge >= 0.3 is 0 Å². The minimum absolute atomic E-state index is 0.0211. The molecular weight excluding hydrogens is 414 g/mol. The third-order valence-corrected chi connectivity index (χ3v) is 4.94. The van der Waals surface area contributed by atoms with Gasteiger partial charge in [-0.05, 0) is 36.8 Å². The summed E-state index contributed by atoms with van der Waals surface area (Å²) in [6.45, 7) is 1.75. The van der Waals surface area contributed by atoms with Crippen LogP contribution in [0, 0.1) is 11.6 Å². The summed E-state index contributed by atoms with van der Waals surface area (Å²) in [5, 5.41) is 2.73. The Labute approximate surface area is 174 Å². The molecule has 9 heteroatoms. The van der Waals surface area contributed by atoms with Gasteiger partial charge in [-0.2, -0.15) is 0 Å². The molecule has 30 heavy (non-hydrogen) atoms. The molecule has 0 aliphatic carbocycles. The van der Waals surface area contributed by atoms with Crippen molar-refractivity contribution in [1.82, 2.24) is 19.7 Å². The highest BCUT2D eigenvalue weighted by atomic mass is 35.5. The lowest BCUT2D eigenvalue weighted by Gasteiger charge is -2.13. The third kappa shape index (κ3) is 3.81. The molecule has 0 radical (unpaired) electrons. The van der Waals surface area contributed by atoms with Crippen LogP contribution < -0.4 is 10.9 Å². The number of nitrogens with one attached hydrogen (secondary N) is 2. The summed E-state index contributed by atoms with van der Waals surface area (Å²) < 4.78 is 28.2. The Morgan fingerprint density at radius 3 is 2.60 bits per heavy atom. The van der Waals surface area contributed by atoms with Gasteiger partial charge in [0.1, 0.15) is 17.3 Å². The molecule has 4 aromatic rings. The van der Waals surface area contributed by atoms with E-state index in [1.807, 2.05) is 0 Å². The fourth-order valence-corrected chi connectivity index (χ4v) is 3.15. The first-order valence-electron chi connectivity index (χ1n) is 8.95. The lowest BCUT2D eigenvalue weighted by atomic mass is 10.1. The van der Waals surface area contributed by atoms with Gasteiger partial charge in [-0.1, -0.05) is 29.8 Å². The fourth-order valence-electron chi connectivity index (χ4n) is 3.03. The molecule has 0 spiro atoms. The van der Waals surface area contributed by atoms with Gasteiger partial charge in [0.2, 0.25) is 5.65 Å². The summed E-state index contributed by atoms with van der Waals surface area (Å²) in [7, 11) is 0. The summed E-state index contributed by atoms with van der Waals surface area (Å²) in [5.41, 5.74) is 1.00. The molecule has 4 rings (SSSR count). The van der Waals surface area contributed by atoms with Gasteiger partial charge in [0.05, 0.1) is 16.8 Å². The zero-order valence-corrected chi connectivity index (χ0v) is 16.4. The van der Waals surface area contributed by atoms with Crippen molar-refractivity contribution >= 4 is 23.2 Å². The lowest BCUT2D eigenvalue weighted by molar-refractivity contribution is 0.0935. The van der Waals surface area contributed by atoms with E-state index >= 15 is 0 Å². The Hall–Kier alpha value is -3.52. The van der Waals surface area contributed by atoms with E-state index in [1.165, 1.54) is 41.1 Å². The Morgan fingerprint density at radius 1 is 1.17 bits per heavy atom. The monoisotopic (exact) mass is 428 g/mol. The molecule has 0 fully saturated rings. The van der Waals surface area contributed by atoms with Crippen molar-refractivity contribution in [3.63, 3.8) is 0 Å². The first kappa shape index (κ1) is 19.8. The van der Waals surface area contributed by atoms with Crippen LogP contribution in [-0.4, -0.2) is 20.3 Å². The van der Waals surface area contributed by atoms with Crippen LogP contribution in [0.25, 0.3) is 16.9 Å². The van der Waals surface area contributed by atoms with Crippen LogP contribution in [0.5, 0.6) is 0 Å². The number of nitrogens with zero attached hydrogens (tertiary/aromatic N) is 2. The van der Waals surface area contributed by atoms with Gasteiger partial charge in [-0.3, -0.25) is 14.0 Å². The Balaban J connectivity index is 1.63. The Morgan fingerprint density at radius 2 is 1.90 bits per heavy atom. The van der Waals surface area contributed by atoms with Gasteiger partial charge in [-0.15, -0.1) is 0 Å². The number of imidazole rings is 1. The fraction of sp³-hybridized carbons (Fsp3) is 0.0952. The minimum Gasteiger partial charge on any atom is -0.344 e. The number of benzene rings is 2. The minimum atomic E-state index is -0.615. The van der Waals surface area contributed by atoms with Crippen LogP contribution in [0.4, 0.5) is 8.78 Å². The molecule has 6 nitrogen and oxygen atoms in total. The Kier molecular flexibility index (Phi) is 5.09. The quantitative estimate of drug-likeness (QED) is 0.513. The van der Waals surface area contributed by atoms with E-state index in [-0.39, 0.29) is 22.2 Å². The van der Waals surface area contributed by atoms with Crippen LogP contribution >= 0.6 is 11.6 Å². The highest BCUT2D eigenvalue weighted by molar-refractivity contribution is 6.30. The second kappa shape index (κ2) is 7.72. The van der Waals surface area contributed by atoms with Crippen molar-refractivity contribution in [2.75, 3.05) is 0 Å². The van der Waals surface area contributed by atoms with E-state index in [0.717, 1.165) is 5.56 Å². The number of carbonyl (C=O) groups is 1. The highest BCUT2D eigenvalue weighted by Gasteiger charge is 2.17. The maximum atomic E-state index is 13.8. The van der Waals surface area contributed by atoms with Crippen LogP contribution in [0.15, 0.2) is 59.7 Å². The number of H-pyrrole nitrogens is 1. The zero-order chi connectivity index (χ0) is 21.4. The number of aromatic amines is 1. The van der Waals surface area contributed by atoms with Gasteiger partial charge in [0.25, 0.3) is 11.5 Å². The normalized spacial score (nSPS) is 12.1. The molecule has 0 saturated heterocycles. The topological polar surface area (TPSA) is 79.3 Å². The Bertz CT molecular complexity index is 1320. The summed E-state index contributed by atoms with van der Waals surface area (Å²) in [4.78, 5) is 31.7. The predicted molar refractivity (Wildman–Crippen MR) is 108 cm³/mol. The van der Waals surface area contributed by atoms with Crippen LogP contribution in [-0.2, 0) is 0 Å². The first-order chi connectivity index (χ1) is 14.3. The molecule has 152 valence electrons. The SMILES string of the molecule is C[C@@H](NC(=O)c1cn2cc(-c3ccc(Cl)c(F)c3)[nH]c(=O)c2n1)c1ccc(F)cc1. The first-order valence-corrected chi connectivity index (χ1v) is 9.33. The number of hydrogen-bond donors (Lipinski definition) is 2. The van der Waals surface area contributed by atoms with E-state index in [2.05, 4.69) is 15.3 Å². The molecule has 2 aromatic carbocycles. The molecule has 0 saturated carbocycles. The summed E-state index contributed by atoms with van der Waals surface area (Å²) in [6.07, 6.45) is 2.94. The number of carbonyl (C=O) groups excluding carboxylic acids is 1. The summed E-state index contributed by atoms with van der Waals surface area (Å²) >= 11 is 5.70. The van der Waals surface area contributed by atoms with Crippen molar-refractivity contribution < 1.29 is 13.6 Å². The molecular formula is C21H15ClF2N4O2. The molecule has 1 amide bonds. The lowest BCUT2D eigenvalue weighted by Crippen LogP contribution is -2.27. The molecule has 0 bridgehead atoms. The average Bonchev–Trinajstić information content (AvgIpc) is 3.15. The van der Waals surface area contributed by atoms with E-state index < -0.39 is 23.3 Å². The van der Waals surface area contributed by atoms with E-state index in [1.54, 1.807) is 25.1 Å². The number of amides is 1. The van der Waals surface area contributed by atoms with E-state index in [0.29, 0.717) is 11.3 Å². The zero-order valence-electron chi connectivity index (χ0n) is 15.6. The van der Waals surface area contributed by atoms with E-state index in [4.69, 9.17) is 11.6 Å². The maximum Gasteiger partial charge on any atom is 0.292 e. The predicted octanol–water partition coefficient (Wildman–Crippen LogP) is 4.11. The molecule has 0 aliphatic heterocycles. The van der Waals surface area contributed by atoms with Gasteiger partial charge in [0.15, 0.2) is 0 Å². The standard InChI is InChI=1S/C21H15ClF2N4O2/c1-11(12-2-5-14(23)6-3-12)25-20(29)18-10-28-9-17(27-21(30)19(28)26-18)13-4-7-15(22)16(24)8-13/h2-11H,1H3,(H,25,29)(H,27,30)/t11-/m1/s1. The van der Waals surface area contributed by atoms with Crippen molar-refractivity contribution in [1.29, 1.82) is 0 Å². The molecule has 0 aliphatic rings. The third-order valence-electron chi connectivity index (χ3n) is 4.63. The van der Waals surface area contributed by atoms with Crippen molar-refractivity contribution in [3.05, 3.63) is 93.1 Å². The number of fused-ring (bicyclic) bond motifs is 1. The molecule has 2 heterocycles. The van der Waals surface area contributed by atoms with Crippen LogP contribution in [0.3, 0.4) is 0 Å². The molecule has 0 unspecified atom stereocenters. The maximum absolute atomic E-state index is 13.8. The second-order valence-corrected chi connectivity index (χ2v) is 7.14. The number of halogens is 3. The number of hydrogen-bond acceptors (Lipinski definition) is 3. The highest BCUT2D eigenvalue weighted by Crippen LogP contribution is 2.22. The van der Waals surface area contributed by atoms with Crippen LogP contribution in [0.2, 0.25) is 5.02 Å². The molecule has 2 aromatic heterocycles. The van der Waals surface area contributed by atoms with Crippen molar-refractivity contribution in [3.8, 4) is 11.3 Å². The summed E-state index contributed by atoms with van der Waals surface area (Å²) in [5.74, 6) is -1.47. The number of rotatable bonds is 4. The van der Waals surface area contributed by atoms with Crippen molar-refractivity contribution in [2.24, 2.45) is 0 Å². The molecule has 1 atom stereocenters. The van der Waals surface area contributed by atoms with Crippen molar-refractivity contribution in [2.45, 2.75) is 13.0 Å². The van der Waals surface area contributed by atoms with Crippen LogP contribution in [0.1, 0.15) is 29.0 Å². The smallest absolute Gasteiger partial charge is 0.292 e. The average molecular weight is 429 g/mol. The van der Waals surface area contributed by atoms with Gasteiger partial charge < -0.3 is 10.3 Å². The second-order valence-electron chi connectivity index (χ2n) is 6.73. The van der Waals surface area contributed by atoms with Gasteiger partial charge in [-0.25, -0.2) is 13.8 Å².